The summed E-state index contributed by atoms with van der Waals surface area (Å²) in [6.07, 6.45) is 1.87. The lowest BCUT2D eigenvalue weighted by Gasteiger charge is -2.07. The number of rotatable bonds is 5. The van der Waals surface area contributed by atoms with E-state index in [0.717, 1.165) is 5.56 Å². The zero-order valence-electron chi connectivity index (χ0n) is 11.0. The van der Waals surface area contributed by atoms with Gasteiger partial charge in [0.2, 0.25) is 0 Å². The van der Waals surface area contributed by atoms with Crippen LogP contribution in [-0.4, -0.2) is 22.0 Å². The highest BCUT2D eigenvalue weighted by Crippen LogP contribution is 2.14. The number of aryl methyl sites for hydroxylation is 1. The molecule has 1 aromatic carbocycles. The molecule has 0 unspecified atom stereocenters. The molecule has 0 saturated heterocycles. The van der Waals surface area contributed by atoms with Gasteiger partial charge in [-0.1, -0.05) is 23.7 Å². The second kappa shape index (κ2) is 6.85. The summed E-state index contributed by atoms with van der Waals surface area (Å²) in [6.45, 7) is 0. The molecule has 108 valence electrons. The zero-order chi connectivity index (χ0) is 15.2. The molecule has 0 aliphatic rings. The number of benzene rings is 1. The molecule has 0 aliphatic carbocycles. The minimum atomic E-state index is -0.850. The standard InChI is InChI=1S/C15H13ClN2O3/c16-13-6-5-11(9-17-13)15(21)18-12-3-1-2-10(8-12)4-7-14(19)20/h1-3,5-6,8-9H,4,7H2,(H,18,21)(H,19,20). The third kappa shape index (κ3) is 4.57. The fourth-order valence-electron chi connectivity index (χ4n) is 1.77. The molecular formula is C15H13ClN2O3. The van der Waals surface area contributed by atoms with Crippen molar-refractivity contribution < 1.29 is 14.7 Å². The SMILES string of the molecule is O=C(O)CCc1cccc(NC(=O)c2ccc(Cl)nc2)c1. The van der Waals surface area contributed by atoms with Gasteiger partial charge in [0.1, 0.15) is 5.15 Å². The van der Waals surface area contributed by atoms with E-state index >= 15 is 0 Å². The van der Waals surface area contributed by atoms with Crippen molar-refractivity contribution in [2.24, 2.45) is 0 Å². The first kappa shape index (κ1) is 15.0. The number of hydrogen-bond donors (Lipinski definition) is 2. The average Bonchev–Trinajstić information content (AvgIpc) is 2.46. The Morgan fingerprint density at radius 1 is 1.24 bits per heavy atom. The van der Waals surface area contributed by atoms with Crippen LogP contribution in [0.4, 0.5) is 5.69 Å². The van der Waals surface area contributed by atoms with Gasteiger partial charge >= 0.3 is 5.97 Å². The Kier molecular flexibility index (Phi) is 4.90. The van der Waals surface area contributed by atoms with Crippen molar-refractivity contribution in [1.82, 2.24) is 4.98 Å². The van der Waals surface area contributed by atoms with Crippen molar-refractivity contribution in [3.63, 3.8) is 0 Å². The molecule has 0 atom stereocenters. The quantitative estimate of drug-likeness (QED) is 0.832. The highest BCUT2D eigenvalue weighted by molar-refractivity contribution is 6.29. The third-order valence-electron chi connectivity index (χ3n) is 2.80. The van der Waals surface area contributed by atoms with E-state index in [1.165, 1.54) is 6.20 Å². The Balaban J connectivity index is 2.05. The van der Waals surface area contributed by atoms with Crippen LogP contribution < -0.4 is 5.32 Å². The van der Waals surface area contributed by atoms with E-state index in [0.29, 0.717) is 22.8 Å². The number of nitrogens with zero attached hydrogens (tertiary/aromatic N) is 1. The first-order chi connectivity index (χ1) is 10.0. The van der Waals surface area contributed by atoms with Crippen LogP contribution in [0.25, 0.3) is 0 Å². The summed E-state index contributed by atoms with van der Waals surface area (Å²) >= 11 is 5.67. The summed E-state index contributed by atoms with van der Waals surface area (Å²) in [5.74, 6) is -1.15. The maximum absolute atomic E-state index is 12.0. The van der Waals surface area contributed by atoms with E-state index in [2.05, 4.69) is 10.3 Å². The highest BCUT2D eigenvalue weighted by Gasteiger charge is 2.07. The molecule has 0 fully saturated rings. The Labute approximate surface area is 126 Å². The van der Waals surface area contributed by atoms with Crippen molar-refractivity contribution in [1.29, 1.82) is 0 Å². The van der Waals surface area contributed by atoms with Crippen molar-refractivity contribution in [2.45, 2.75) is 12.8 Å². The molecule has 0 bridgehead atoms. The smallest absolute Gasteiger partial charge is 0.303 e. The molecule has 5 nitrogen and oxygen atoms in total. The lowest BCUT2D eigenvalue weighted by atomic mass is 10.1. The van der Waals surface area contributed by atoms with Crippen LogP contribution in [0.1, 0.15) is 22.3 Å². The van der Waals surface area contributed by atoms with Crippen LogP contribution in [0.15, 0.2) is 42.6 Å². The molecule has 1 amide bonds. The van der Waals surface area contributed by atoms with E-state index in [9.17, 15) is 9.59 Å². The summed E-state index contributed by atoms with van der Waals surface area (Å²) in [6, 6.07) is 10.2. The normalized spacial score (nSPS) is 10.1. The minimum absolute atomic E-state index is 0.0541. The molecule has 2 rings (SSSR count). The minimum Gasteiger partial charge on any atom is -0.481 e. The molecule has 0 radical (unpaired) electrons. The average molecular weight is 305 g/mol. The largest absolute Gasteiger partial charge is 0.481 e. The van der Waals surface area contributed by atoms with E-state index < -0.39 is 5.97 Å². The van der Waals surface area contributed by atoms with Crippen molar-refractivity contribution >= 4 is 29.2 Å². The molecule has 0 spiro atoms. The number of hydrogen-bond acceptors (Lipinski definition) is 3. The predicted molar refractivity (Wildman–Crippen MR) is 79.6 cm³/mol. The number of carbonyl (C=O) groups is 2. The fourth-order valence-corrected chi connectivity index (χ4v) is 1.88. The van der Waals surface area contributed by atoms with Gasteiger partial charge < -0.3 is 10.4 Å². The molecule has 1 aromatic heterocycles. The number of aliphatic carboxylic acids is 1. The number of aromatic nitrogens is 1. The summed E-state index contributed by atoms with van der Waals surface area (Å²) in [5.41, 5.74) is 1.86. The maximum atomic E-state index is 12.0. The Morgan fingerprint density at radius 2 is 2.05 bits per heavy atom. The Morgan fingerprint density at radius 3 is 2.71 bits per heavy atom. The first-order valence-corrected chi connectivity index (χ1v) is 6.66. The first-order valence-electron chi connectivity index (χ1n) is 6.28. The van der Waals surface area contributed by atoms with Gasteiger partial charge in [-0.3, -0.25) is 9.59 Å². The van der Waals surface area contributed by atoms with Crippen molar-refractivity contribution in [2.75, 3.05) is 5.32 Å². The number of carboxylic acids is 1. The van der Waals surface area contributed by atoms with Crippen molar-refractivity contribution in [3.05, 3.63) is 58.9 Å². The van der Waals surface area contributed by atoms with Crippen LogP contribution in [0.5, 0.6) is 0 Å². The molecule has 21 heavy (non-hydrogen) atoms. The van der Waals surface area contributed by atoms with Crippen LogP contribution >= 0.6 is 11.6 Å². The number of carboxylic acid groups (broad SMARTS) is 1. The zero-order valence-corrected chi connectivity index (χ0v) is 11.8. The number of halogens is 1. The Hall–Kier alpha value is -2.40. The second-order valence-electron chi connectivity index (χ2n) is 4.42. The maximum Gasteiger partial charge on any atom is 0.303 e. The number of amides is 1. The summed E-state index contributed by atoms with van der Waals surface area (Å²) in [4.78, 5) is 26.4. The van der Waals surface area contributed by atoms with E-state index in [1.54, 1.807) is 30.3 Å². The van der Waals surface area contributed by atoms with Gasteiger partial charge in [-0.25, -0.2) is 4.98 Å². The topological polar surface area (TPSA) is 79.3 Å². The molecule has 6 heteroatoms. The molecule has 0 aliphatic heterocycles. The van der Waals surface area contributed by atoms with Gasteiger partial charge in [-0.2, -0.15) is 0 Å². The van der Waals surface area contributed by atoms with Gasteiger partial charge in [0.05, 0.1) is 5.56 Å². The lowest BCUT2D eigenvalue weighted by Crippen LogP contribution is -2.12. The van der Waals surface area contributed by atoms with Crippen molar-refractivity contribution in [3.8, 4) is 0 Å². The number of anilines is 1. The van der Waals surface area contributed by atoms with Gasteiger partial charge in [-0.05, 0) is 36.2 Å². The summed E-state index contributed by atoms with van der Waals surface area (Å²) in [7, 11) is 0. The fraction of sp³-hybridized carbons (Fsp3) is 0.133. The van der Waals surface area contributed by atoms with Crippen LogP contribution in [0.2, 0.25) is 5.15 Å². The molecule has 1 heterocycles. The third-order valence-corrected chi connectivity index (χ3v) is 3.03. The van der Waals surface area contributed by atoms with Gasteiger partial charge in [0.25, 0.3) is 5.91 Å². The van der Waals surface area contributed by atoms with Gasteiger partial charge in [0.15, 0.2) is 0 Å². The number of nitrogens with one attached hydrogen (secondary N) is 1. The summed E-state index contributed by atoms with van der Waals surface area (Å²) in [5, 5.41) is 11.7. The monoisotopic (exact) mass is 304 g/mol. The number of pyridine rings is 1. The highest BCUT2D eigenvalue weighted by atomic mass is 35.5. The molecule has 2 N–H and O–H groups in total. The van der Waals surface area contributed by atoms with Crippen LogP contribution in [-0.2, 0) is 11.2 Å². The van der Waals surface area contributed by atoms with Crippen LogP contribution in [0.3, 0.4) is 0 Å². The Bertz CT molecular complexity index is 656. The number of carbonyl (C=O) groups excluding carboxylic acids is 1. The molecule has 0 saturated carbocycles. The van der Waals surface area contributed by atoms with Gasteiger partial charge in [-0.15, -0.1) is 0 Å². The van der Waals surface area contributed by atoms with E-state index in [1.807, 2.05) is 6.07 Å². The molecule has 2 aromatic rings. The summed E-state index contributed by atoms with van der Waals surface area (Å²) < 4.78 is 0. The van der Waals surface area contributed by atoms with Gasteiger partial charge in [0, 0.05) is 18.3 Å². The van der Waals surface area contributed by atoms with E-state index in [4.69, 9.17) is 16.7 Å². The molecular weight excluding hydrogens is 292 g/mol. The predicted octanol–water partition coefficient (Wildman–Crippen LogP) is 3.00. The van der Waals surface area contributed by atoms with Crippen LogP contribution in [0, 0.1) is 0 Å². The second-order valence-corrected chi connectivity index (χ2v) is 4.81. The lowest BCUT2D eigenvalue weighted by molar-refractivity contribution is -0.136. The van der Waals surface area contributed by atoms with E-state index in [-0.39, 0.29) is 12.3 Å².